The molecule has 2 heteroatoms. The highest BCUT2D eigenvalue weighted by molar-refractivity contribution is 5.78. The first-order valence-corrected chi connectivity index (χ1v) is 5.35. The van der Waals surface area contributed by atoms with Gasteiger partial charge in [-0.3, -0.25) is 4.79 Å². The van der Waals surface area contributed by atoms with Gasteiger partial charge >= 0.3 is 0 Å². The van der Waals surface area contributed by atoms with Gasteiger partial charge in [-0.25, -0.2) is 0 Å². The van der Waals surface area contributed by atoms with Crippen molar-refractivity contribution in [3.8, 4) is 0 Å². The summed E-state index contributed by atoms with van der Waals surface area (Å²) in [5, 5.41) is 0. The zero-order valence-corrected chi connectivity index (χ0v) is 9.90. The topological polar surface area (TPSA) is 20.3 Å². The lowest BCUT2D eigenvalue weighted by Crippen LogP contribution is -2.32. The molecule has 0 bridgehead atoms. The van der Waals surface area contributed by atoms with Gasteiger partial charge in [0.2, 0.25) is 5.91 Å². The van der Waals surface area contributed by atoms with Crippen molar-refractivity contribution >= 4 is 5.91 Å². The summed E-state index contributed by atoms with van der Waals surface area (Å²) in [6, 6.07) is 10.2. The second kappa shape index (κ2) is 4.96. The van der Waals surface area contributed by atoms with Crippen LogP contribution in [-0.4, -0.2) is 17.9 Å². The minimum absolute atomic E-state index is 0.0566. The standard InChI is InChI=1S/C13H19NO/c1-10(2)13(15)14(4)11(3)12-8-6-5-7-9-12/h5-11H,1-4H3. The highest BCUT2D eigenvalue weighted by Gasteiger charge is 2.19. The highest BCUT2D eigenvalue weighted by Crippen LogP contribution is 2.19. The summed E-state index contributed by atoms with van der Waals surface area (Å²) in [5.41, 5.74) is 1.18. The monoisotopic (exact) mass is 205 g/mol. The van der Waals surface area contributed by atoms with Gasteiger partial charge in [0.25, 0.3) is 0 Å². The summed E-state index contributed by atoms with van der Waals surface area (Å²) in [6.45, 7) is 5.91. The lowest BCUT2D eigenvalue weighted by atomic mass is 10.1. The van der Waals surface area contributed by atoms with Crippen molar-refractivity contribution in [1.82, 2.24) is 4.90 Å². The molecule has 2 nitrogen and oxygen atoms in total. The lowest BCUT2D eigenvalue weighted by molar-refractivity contribution is -0.135. The van der Waals surface area contributed by atoms with E-state index in [0.29, 0.717) is 0 Å². The molecule has 0 saturated carbocycles. The zero-order chi connectivity index (χ0) is 11.4. The second-order valence-electron chi connectivity index (χ2n) is 4.19. The smallest absolute Gasteiger partial charge is 0.225 e. The molecule has 1 atom stereocenters. The molecule has 1 aromatic rings. The molecule has 0 spiro atoms. The Labute approximate surface area is 91.9 Å². The Bertz CT molecular complexity index is 319. The van der Waals surface area contributed by atoms with Crippen LogP contribution in [0.1, 0.15) is 32.4 Å². The molecule has 0 aliphatic heterocycles. The number of carbonyl (C=O) groups is 1. The number of carbonyl (C=O) groups excluding carboxylic acids is 1. The van der Waals surface area contributed by atoms with Gasteiger partial charge in [-0.15, -0.1) is 0 Å². The highest BCUT2D eigenvalue weighted by atomic mass is 16.2. The van der Waals surface area contributed by atoms with Gasteiger partial charge in [0, 0.05) is 13.0 Å². The number of hydrogen-bond donors (Lipinski definition) is 0. The van der Waals surface area contributed by atoms with E-state index in [2.05, 4.69) is 19.1 Å². The summed E-state index contributed by atoms with van der Waals surface area (Å²) in [4.78, 5) is 13.6. The normalized spacial score (nSPS) is 12.6. The van der Waals surface area contributed by atoms with Crippen LogP contribution >= 0.6 is 0 Å². The number of hydrogen-bond acceptors (Lipinski definition) is 1. The zero-order valence-electron chi connectivity index (χ0n) is 9.90. The van der Waals surface area contributed by atoms with Crippen molar-refractivity contribution < 1.29 is 4.79 Å². The number of benzene rings is 1. The van der Waals surface area contributed by atoms with Crippen LogP contribution in [0.4, 0.5) is 0 Å². The van der Waals surface area contributed by atoms with Crippen molar-refractivity contribution in [1.29, 1.82) is 0 Å². The van der Waals surface area contributed by atoms with E-state index in [1.165, 1.54) is 5.56 Å². The summed E-state index contributed by atoms with van der Waals surface area (Å²) < 4.78 is 0. The second-order valence-corrected chi connectivity index (χ2v) is 4.19. The molecule has 0 radical (unpaired) electrons. The fourth-order valence-corrected chi connectivity index (χ4v) is 1.55. The Hall–Kier alpha value is -1.31. The summed E-state index contributed by atoms with van der Waals surface area (Å²) in [5.74, 6) is 0.243. The van der Waals surface area contributed by atoms with E-state index in [1.807, 2.05) is 39.1 Å². The maximum atomic E-state index is 11.8. The molecule has 15 heavy (non-hydrogen) atoms. The third-order valence-corrected chi connectivity index (χ3v) is 2.70. The molecule has 0 aliphatic carbocycles. The minimum Gasteiger partial charge on any atom is -0.339 e. The molecule has 0 aromatic heterocycles. The van der Waals surface area contributed by atoms with E-state index < -0.39 is 0 Å². The van der Waals surface area contributed by atoms with E-state index in [4.69, 9.17) is 0 Å². The fourth-order valence-electron chi connectivity index (χ4n) is 1.55. The van der Waals surface area contributed by atoms with Crippen molar-refractivity contribution in [3.05, 3.63) is 35.9 Å². The third kappa shape index (κ3) is 2.82. The quantitative estimate of drug-likeness (QED) is 0.743. The summed E-state index contributed by atoms with van der Waals surface area (Å²) in [6.07, 6.45) is 0. The SMILES string of the molecule is CC(C)C(=O)N(C)C(C)c1ccccc1. The molecule has 1 unspecified atom stereocenters. The molecule has 0 heterocycles. The van der Waals surface area contributed by atoms with Gasteiger partial charge in [-0.05, 0) is 12.5 Å². The fraction of sp³-hybridized carbons (Fsp3) is 0.462. The first-order chi connectivity index (χ1) is 7.04. The van der Waals surface area contributed by atoms with Crippen molar-refractivity contribution in [2.24, 2.45) is 5.92 Å². The first kappa shape index (κ1) is 11.8. The van der Waals surface area contributed by atoms with E-state index in [1.54, 1.807) is 4.90 Å². The van der Waals surface area contributed by atoms with Crippen LogP contribution in [0, 0.1) is 5.92 Å². The van der Waals surface area contributed by atoms with Crippen LogP contribution in [0.5, 0.6) is 0 Å². The van der Waals surface area contributed by atoms with Gasteiger partial charge in [0.15, 0.2) is 0 Å². The van der Waals surface area contributed by atoms with Crippen molar-refractivity contribution in [3.63, 3.8) is 0 Å². The van der Waals surface area contributed by atoms with Gasteiger partial charge < -0.3 is 4.90 Å². The summed E-state index contributed by atoms with van der Waals surface area (Å²) >= 11 is 0. The molecule has 82 valence electrons. The average molecular weight is 205 g/mol. The Morgan fingerprint density at radius 1 is 1.13 bits per heavy atom. The predicted octanol–water partition coefficient (Wildman–Crippen LogP) is 2.86. The number of nitrogens with zero attached hydrogens (tertiary/aromatic N) is 1. The Balaban J connectivity index is 2.77. The number of amides is 1. The molecule has 0 N–H and O–H groups in total. The summed E-state index contributed by atoms with van der Waals surface area (Å²) in [7, 11) is 1.86. The molecule has 1 rings (SSSR count). The van der Waals surface area contributed by atoms with Crippen LogP contribution in [0.25, 0.3) is 0 Å². The molecule has 0 aliphatic rings. The van der Waals surface area contributed by atoms with Gasteiger partial charge in [-0.1, -0.05) is 44.2 Å². The van der Waals surface area contributed by atoms with E-state index in [-0.39, 0.29) is 17.9 Å². The van der Waals surface area contributed by atoms with E-state index in [9.17, 15) is 4.79 Å². The number of rotatable bonds is 3. The lowest BCUT2D eigenvalue weighted by Gasteiger charge is -2.26. The Kier molecular flexibility index (Phi) is 3.89. The van der Waals surface area contributed by atoms with E-state index in [0.717, 1.165) is 0 Å². The van der Waals surface area contributed by atoms with Crippen molar-refractivity contribution in [2.45, 2.75) is 26.8 Å². The third-order valence-electron chi connectivity index (χ3n) is 2.70. The van der Waals surface area contributed by atoms with Crippen molar-refractivity contribution in [2.75, 3.05) is 7.05 Å². The van der Waals surface area contributed by atoms with Gasteiger partial charge in [0.05, 0.1) is 6.04 Å². The molecular formula is C13H19NO. The first-order valence-electron chi connectivity index (χ1n) is 5.35. The maximum absolute atomic E-state index is 11.8. The van der Waals surface area contributed by atoms with Crippen LogP contribution in [0.3, 0.4) is 0 Å². The Morgan fingerprint density at radius 2 is 1.67 bits per heavy atom. The van der Waals surface area contributed by atoms with Crippen LogP contribution in [-0.2, 0) is 4.79 Å². The van der Waals surface area contributed by atoms with Gasteiger partial charge in [-0.2, -0.15) is 0 Å². The predicted molar refractivity (Wildman–Crippen MR) is 62.5 cm³/mol. The van der Waals surface area contributed by atoms with Gasteiger partial charge in [0.1, 0.15) is 0 Å². The van der Waals surface area contributed by atoms with E-state index >= 15 is 0 Å². The Morgan fingerprint density at radius 3 is 2.13 bits per heavy atom. The average Bonchev–Trinajstić information content (AvgIpc) is 2.27. The minimum atomic E-state index is 0.0566. The largest absolute Gasteiger partial charge is 0.339 e. The maximum Gasteiger partial charge on any atom is 0.225 e. The molecule has 0 fully saturated rings. The van der Waals surface area contributed by atoms with Crippen LogP contribution in [0.2, 0.25) is 0 Å². The van der Waals surface area contributed by atoms with Crippen LogP contribution in [0.15, 0.2) is 30.3 Å². The molecule has 1 aromatic carbocycles. The van der Waals surface area contributed by atoms with Crippen LogP contribution < -0.4 is 0 Å². The molecular weight excluding hydrogens is 186 g/mol. The molecule has 1 amide bonds. The molecule has 0 saturated heterocycles.